The Morgan fingerprint density at radius 3 is 2.50 bits per heavy atom. The van der Waals surface area contributed by atoms with E-state index < -0.39 is 5.97 Å². The average Bonchev–Trinajstić information content (AvgIpc) is 2.69. The predicted molar refractivity (Wildman–Crippen MR) is 80.4 cm³/mol. The molecule has 0 aliphatic heterocycles. The summed E-state index contributed by atoms with van der Waals surface area (Å²) in [6.07, 6.45) is 0.540. The van der Waals surface area contributed by atoms with Crippen molar-refractivity contribution < 1.29 is 9.90 Å². The van der Waals surface area contributed by atoms with Crippen LogP contribution in [0.1, 0.15) is 24.0 Å². The summed E-state index contributed by atoms with van der Waals surface area (Å²) in [6, 6.07) is 6.17. The molecule has 0 aliphatic carbocycles. The van der Waals surface area contributed by atoms with Gasteiger partial charge in [-0.1, -0.05) is 28.5 Å². The predicted octanol–water partition coefficient (Wildman–Crippen LogP) is 3.06. The summed E-state index contributed by atoms with van der Waals surface area (Å²) < 4.78 is 1.67. The van der Waals surface area contributed by atoms with Crippen LogP contribution in [0.4, 0.5) is 0 Å². The van der Waals surface area contributed by atoms with E-state index >= 15 is 0 Å². The normalized spacial score (nSPS) is 10.7. The van der Waals surface area contributed by atoms with E-state index in [4.69, 9.17) is 5.11 Å². The standard InChI is InChI=1S/C15H17NO3S/c1-10-6-11(2)8-12(7-10)13-9-20-15(19)16(13)5-3-4-14(17)18/h6-9H,3-5H2,1-2H3,(H,17,18). The van der Waals surface area contributed by atoms with Crippen LogP contribution in [-0.2, 0) is 11.3 Å². The molecule has 106 valence electrons. The summed E-state index contributed by atoms with van der Waals surface area (Å²) in [5.41, 5.74) is 4.18. The Kier molecular flexibility index (Phi) is 4.39. The lowest BCUT2D eigenvalue weighted by molar-refractivity contribution is -0.137. The highest BCUT2D eigenvalue weighted by atomic mass is 32.1. The molecule has 1 heterocycles. The van der Waals surface area contributed by atoms with Gasteiger partial charge in [0.2, 0.25) is 0 Å². The van der Waals surface area contributed by atoms with Crippen molar-refractivity contribution >= 4 is 17.3 Å². The van der Waals surface area contributed by atoms with Crippen LogP contribution in [0.3, 0.4) is 0 Å². The van der Waals surface area contributed by atoms with Crippen LogP contribution in [0.25, 0.3) is 11.3 Å². The van der Waals surface area contributed by atoms with E-state index in [9.17, 15) is 9.59 Å². The minimum Gasteiger partial charge on any atom is -0.481 e. The van der Waals surface area contributed by atoms with E-state index in [-0.39, 0.29) is 11.3 Å². The number of thiazole rings is 1. The van der Waals surface area contributed by atoms with E-state index in [0.717, 1.165) is 33.7 Å². The Balaban J connectivity index is 2.32. The number of rotatable bonds is 5. The van der Waals surface area contributed by atoms with Gasteiger partial charge in [0.05, 0.1) is 5.69 Å². The highest BCUT2D eigenvalue weighted by molar-refractivity contribution is 7.07. The maximum absolute atomic E-state index is 11.9. The van der Waals surface area contributed by atoms with Crippen LogP contribution >= 0.6 is 11.3 Å². The number of hydrogen-bond acceptors (Lipinski definition) is 3. The molecular weight excluding hydrogens is 274 g/mol. The summed E-state index contributed by atoms with van der Waals surface area (Å²) in [6.45, 7) is 4.49. The molecule has 2 rings (SSSR count). The second kappa shape index (κ2) is 6.05. The van der Waals surface area contributed by atoms with Crippen molar-refractivity contribution in [2.75, 3.05) is 0 Å². The van der Waals surface area contributed by atoms with Crippen LogP contribution < -0.4 is 4.87 Å². The minimum absolute atomic E-state index is 0.0375. The Bertz CT molecular complexity index is 664. The van der Waals surface area contributed by atoms with Crippen molar-refractivity contribution in [3.8, 4) is 11.3 Å². The maximum atomic E-state index is 11.9. The largest absolute Gasteiger partial charge is 0.481 e. The molecule has 1 aromatic heterocycles. The van der Waals surface area contributed by atoms with Gasteiger partial charge in [-0.15, -0.1) is 0 Å². The SMILES string of the molecule is Cc1cc(C)cc(-c2csc(=O)n2CCCC(=O)O)c1. The van der Waals surface area contributed by atoms with Crippen LogP contribution in [0.2, 0.25) is 0 Å². The lowest BCUT2D eigenvalue weighted by Crippen LogP contribution is -2.15. The van der Waals surface area contributed by atoms with Gasteiger partial charge in [-0.3, -0.25) is 14.2 Å². The molecule has 0 saturated carbocycles. The van der Waals surface area contributed by atoms with E-state index in [1.165, 1.54) is 0 Å². The zero-order valence-electron chi connectivity index (χ0n) is 11.5. The van der Waals surface area contributed by atoms with Gasteiger partial charge in [0.1, 0.15) is 0 Å². The molecule has 0 spiro atoms. The smallest absolute Gasteiger partial charge is 0.307 e. The first kappa shape index (κ1) is 14.5. The zero-order chi connectivity index (χ0) is 14.7. The lowest BCUT2D eigenvalue weighted by Gasteiger charge is -2.09. The van der Waals surface area contributed by atoms with Gasteiger partial charge < -0.3 is 5.11 Å². The fourth-order valence-electron chi connectivity index (χ4n) is 2.28. The first-order chi connectivity index (χ1) is 9.47. The maximum Gasteiger partial charge on any atom is 0.307 e. The fraction of sp³-hybridized carbons (Fsp3) is 0.333. The summed E-state index contributed by atoms with van der Waals surface area (Å²) >= 11 is 1.16. The van der Waals surface area contributed by atoms with E-state index in [1.54, 1.807) is 4.57 Å². The average molecular weight is 291 g/mol. The van der Waals surface area contributed by atoms with Gasteiger partial charge in [0.15, 0.2) is 0 Å². The molecule has 0 fully saturated rings. The number of aromatic nitrogens is 1. The molecule has 20 heavy (non-hydrogen) atoms. The Hall–Kier alpha value is -1.88. The zero-order valence-corrected chi connectivity index (χ0v) is 12.4. The molecule has 0 aliphatic rings. The summed E-state index contributed by atoms with van der Waals surface area (Å²) in [7, 11) is 0. The van der Waals surface area contributed by atoms with E-state index in [2.05, 4.69) is 6.07 Å². The topological polar surface area (TPSA) is 59.3 Å². The number of hydrogen-bond donors (Lipinski definition) is 1. The summed E-state index contributed by atoms with van der Waals surface area (Å²) in [5, 5.41) is 10.5. The number of nitrogens with zero attached hydrogens (tertiary/aromatic N) is 1. The van der Waals surface area contributed by atoms with Crippen LogP contribution in [0.15, 0.2) is 28.4 Å². The third-order valence-corrected chi connectivity index (χ3v) is 3.84. The van der Waals surface area contributed by atoms with Crippen LogP contribution in [0.5, 0.6) is 0 Å². The van der Waals surface area contributed by atoms with Crippen molar-refractivity contribution in [2.24, 2.45) is 0 Å². The van der Waals surface area contributed by atoms with Gasteiger partial charge in [0.25, 0.3) is 0 Å². The molecule has 4 nitrogen and oxygen atoms in total. The molecule has 0 amide bonds. The molecule has 0 bridgehead atoms. The summed E-state index contributed by atoms with van der Waals surface area (Å²) in [4.78, 5) is 22.4. The van der Waals surface area contributed by atoms with Gasteiger partial charge in [0, 0.05) is 18.3 Å². The van der Waals surface area contributed by atoms with Crippen LogP contribution in [0, 0.1) is 13.8 Å². The molecule has 1 N–H and O–H groups in total. The Morgan fingerprint density at radius 1 is 1.25 bits per heavy atom. The lowest BCUT2D eigenvalue weighted by atomic mass is 10.1. The number of aliphatic carboxylic acids is 1. The minimum atomic E-state index is -0.832. The van der Waals surface area contributed by atoms with Gasteiger partial charge in [-0.05, 0) is 38.0 Å². The van der Waals surface area contributed by atoms with Crippen LogP contribution in [-0.4, -0.2) is 15.6 Å². The van der Waals surface area contributed by atoms with Crippen molar-refractivity contribution in [3.05, 3.63) is 44.4 Å². The first-order valence-electron chi connectivity index (χ1n) is 6.46. The highest BCUT2D eigenvalue weighted by Gasteiger charge is 2.10. The number of benzene rings is 1. The number of carbonyl (C=O) groups is 1. The van der Waals surface area contributed by atoms with Crippen molar-refractivity contribution in [3.63, 3.8) is 0 Å². The molecule has 0 radical (unpaired) electrons. The molecule has 0 atom stereocenters. The number of aryl methyl sites for hydroxylation is 2. The number of carboxylic acid groups (broad SMARTS) is 1. The third-order valence-electron chi connectivity index (χ3n) is 3.07. The fourth-order valence-corrected chi connectivity index (χ4v) is 3.07. The molecule has 0 saturated heterocycles. The Labute approximate surface area is 121 Å². The second-order valence-electron chi connectivity index (χ2n) is 4.91. The second-order valence-corrected chi connectivity index (χ2v) is 5.73. The van der Waals surface area contributed by atoms with Gasteiger partial charge in [-0.2, -0.15) is 0 Å². The molecule has 0 unspecified atom stereocenters. The van der Waals surface area contributed by atoms with Gasteiger partial charge >= 0.3 is 10.8 Å². The molecule has 2 aromatic rings. The van der Waals surface area contributed by atoms with Crippen molar-refractivity contribution in [1.82, 2.24) is 4.57 Å². The first-order valence-corrected chi connectivity index (χ1v) is 7.34. The van der Waals surface area contributed by atoms with Crippen molar-refractivity contribution in [1.29, 1.82) is 0 Å². The Morgan fingerprint density at radius 2 is 1.90 bits per heavy atom. The highest BCUT2D eigenvalue weighted by Crippen LogP contribution is 2.23. The number of carboxylic acids is 1. The molecular formula is C15H17NO3S. The monoisotopic (exact) mass is 291 g/mol. The quantitative estimate of drug-likeness (QED) is 0.921. The van der Waals surface area contributed by atoms with Crippen molar-refractivity contribution in [2.45, 2.75) is 33.2 Å². The van der Waals surface area contributed by atoms with Gasteiger partial charge in [-0.25, -0.2) is 0 Å². The third kappa shape index (κ3) is 3.36. The molecule has 5 heteroatoms. The summed E-state index contributed by atoms with van der Waals surface area (Å²) in [5.74, 6) is -0.832. The van der Waals surface area contributed by atoms with E-state index in [1.807, 2.05) is 31.4 Å². The van der Waals surface area contributed by atoms with E-state index in [0.29, 0.717) is 13.0 Å². The molecule has 1 aromatic carbocycles.